The van der Waals surface area contributed by atoms with E-state index in [-0.39, 0.29) is 42.5 Å². The molecule has 0 saturated carbocycles. The predicted molar refractivity (Wildman–Crippen MR) is 81.7 cm³/mol. The molecule has 0 bridgehead atoms. The number of nitrogens with zero attached hydrogens (tertiary/aromatic N) is 2. The third-order valence-corrected chi connectivity index (χ3v) is 5.11. The average Bonchev–Trinajstić information content (AvgIpc) is 2.75. The lowest BCUT2D eigenvalue weighted by atomic mass is 9.85. The van der Waals surface area contributed by atoms with Gasteiger partial charge in [-0.1, -0.05) is 25.0 Å². The minimum atomic E-state index is -0.189. The molecule has 120 valence electrons. The number of carbonyl (C=O) groups is 3. The highest BCUT2D eigenvalue weighted by Gasteiger charge is 2.46. The van der Waals surface area contributed by atoms with E-state index in [9.17, 15) is 14.4 Å². The van der Waals surface area contributed by atoms with Crippen molar-refractivity contribution < 1.29 is 14.4 Å². The highest BCUT2D eigenvalue weighted by atomic mass is 16.2. The number of imide groups is 1. The van der Waals surface area contributed by atoms with Gasteiger partial charge in [-0.25, -0.2) is 0 Å². The highest BCUT2D eigenvalue weighted by Crippen LogP contribution is 2.35. The molecule has 2 atom stereocenters. The van der Waals surface area contributed by atoms with Crippen molar-refractivity contribution in [3.8, 4) is 0 Å². The van der Waals surface area contributed by atoms with Crippen LogP contribution in [0, 0.1) is 11.8 Å². The van der Waals surface area contributed by atoms with Crippen LogP contribution in [-0.4, -0.2) is 47.2 Å². The molecule has 2 aliphatic heterocycles. The van der Waals surface area contributed by atoms with Crippen molar-refractivity contribution in [2.24, 2.45) is 11.8 Å². The molecule has 0 spiro atoms. The first-order valence-electron chi connectivity index (χ1n) is 8.46. The summed E-state index contributed by atoms with van der Waals surface area (Å²) in [5, 5.41) is 0. The van der Waals surface area contributed by atoms with Crippen molar-refractivity contribution in [3.05, 3.63) is 12.2 Å². The third kappa shape index (κ3) is 2.94. The Morgan fingerprint density at radius 3 is 2.05 bits per heavy atom. The van der Waals surface area contributed by atoms with E-state index in [4.69, 9.17) is 0 Å². The molecule has 0 unspecified atom stereocenters. The Balaban J connectivity index is 1.56. The Labute approximate surface area is 131 Å². The lowest BCUT2D eigenvalue weighted by Crippen LogP contribution is -2.37. The zero-order valence-electron chi connectivity index (χ0n) is 13.0. The number of allylic oxidation sites excluding steroid dienone is 2. The summed E-state index contributed by atoms with van der Waals surface area (Å²) >= 11 is 0. The monoisotopic (exact) mass is 304 g/mol. The number of likely N-dealkylation sites (tertiary alicyclic amines) is 2. The molecule has 2 heterocycles. The summed E-state index contributed by atoms with van der Waals surface area (Å²) in [7, 11) is 0. The molecule has 2 fully saturated rings. The van der Waals surface area contributed by atoms with Crippen LogP contribution in [0.4, 0.5) is 0 Å². The minimum Gasteiger partial charge on any atom is -0.343 e. The fourth-order valence-electron chi connectivity index (χ4n) is 3.78. The molecule has 0 radical (unpaired) electrons. The Hall–Kier alpha value is -1.65. The molecule has 1 aliphatic carbocycles. The van der Waals surface area contributed by atoms with E-state index < -0.39 is 0 Å². The van der Waals surface area contributed by atoms with Gasteiger partial charge in [0.25, 0.3) is 0 Å². The van der Waals surface area contributed by atoms with Crippen molar-refractivity contribution >= 4 is 17.7 Å². The van der Waals surface area contributed by atoms with Crippen molar-refractivity contribution in [1.82, 2.24) is 9.80 Å². The lowest BCUT2D eigenvalue weighted by Gasteiger charge is -2.22. The first-order chi connectivity index (χ1) is 10.7. The normalized spacial score (nSPS) is 28.7. The van der Waals surface area contributed by atoms with E-state index in [1.165, 1.54) is 17.7 Å². The second kappa shape index (κ2) is 6.63. The van der Waals surface area contributed by atoms with Crippen LogP contribution >= 0.6 is 0 Å². The van der Waals surface area contributed by atoms with Gasteiger partial charge in [-0.15, -0.1) is 0 Å². The number of rotatable bonds is 3. The first kappa shape index (κ1) is 15.3. The Kier molecular flexibility index (Phi) is 4.60. The van der Waals surface area contributed by atoms with Gasteiger partial charge in [0.2, 0.25) is 17.7 Å². The van der Waals surface area contributed by atoms with Gasteiger partial charge in [-0.2, -0.15) is 0 Å². The summed E-state index contributed by atoms with van der Waals surface area (Å²) in [6.45, 7) is 1.88. The minimum absolute atomic E-state index is 0.0792. The van der Waals surface area contributed by atoms with Crippen molar-refractivity contribution in [2.75, 3.05) is 19.6 Å². The highest BCUT2D eigenvalue weighted by molar-refractivity contribution is 6.05. The van der Waals surface area contributed by atoms with E-state index in [1.807, 2.05) is 17.1 Å². The average molecular weight is 304 g/mol. The molecule has 0 aromatic carbocycles. The van der Waals surface area contributed by atoms with Crippen molar-refractivity contribution in [1.29, 1.82) is 0 Å². The quantitative estimate of drug-likeness (QED) is 0.589. The summed E-state index contributed by atoms with van der Waals surface area (Å²) in [5.41, 5.74) is 0. The van der Waals surface area contributed by atoms with Crippen molar-refractivity contribution in [3.63, 3.8) is 0 Å². The molecule has 3 aliphatic rings. The van der Waals surface area contributed by atoms with Gasteiger partial charge in [0, 0.05) is 26.1 Å². The summed E-state index contributed by atoms with van der Waals surface area (Å²) in [5.74, 6) is -0.460. The zero-order valence-corrected chi connectivity index (χ0v) is 13.0. The second-order valence-electron chi connectivity index (χ2n) is 6.53. The van der Waals surface area contributed by atoms with E-state index in [1.54, 1.807) is 0 Å². The van der Waals surface area contributed by atoms with Crippen LogP contribution < -0.4 is 0 Å². The van der Waals surface area contributed by atoms with Crippen LogP contribution in [0.5, 0.6) is 0 Å². The molecule has 5 heteroatoms. The maximum atomic E-state index is 12.3. The molecule has 0 aromatic rings. The molecule has 3 rings (SSSR count). The van der Waals surface area contributed by atoms with Crippen LogP contribution in [0.3, 0.4) is 0 Å². The van der Waals surface area contributed by atoms with Gasteiger partial charge in [0.15, 0.2) is 0 Å². The van der Waals surface area contributed by atoms with Crippen LogP contribution in [-0.2, 0) is 14.4 Å². The van der Waals surface area contributed by atoms with Crippen LogP contribution in [0.25, 0.3) is 0 Å². The topological polar surface area (TPSA) is 57.7 Å². The number of fused-ring (bicyclic) bond motifs is 1. The van der Waals surface area contributed by atoms with Gasteiger partial charge in [-0.3, -0.25) is 19.3 Å². The van der Waals surface area contributed by atoms with Gasteiger partial charge in [0.1, 0.15) is 0 Å². The number of amides is 3. The number of hydrogen-bond donors (Lipinski definition) is 0. The van der Waals surface area contributed by atoms with Crippen LogP contribution in [0.15, 0.2) is 12.2 Å². The van der Waals surface area contributed by atoms with Crippen LogP contribution in [0.2, 0.25) is 0 Å². The van der Waals surface area contributed by atoms with Gasteiger partial charge in [0.05, 0.1) is 11.8 Å². The maximum absolute atomic E-state index is 12.3. The van der Waals surface area contributed by atoms with E-state index >= 15 is 0 Å². The van der Waals surface area contributed by atoms with Crippen LogP contribution in [0.1, 0.15) is 44.9 Å². The SMILES string of the molecule is O=C(CCN1C(=O)[C@H]2CC=CC[C@@H]2C1=O)N1CCCCCC1. The predicted octanol–water partition coefficient (Wildman–Crippen LogP) is 1.73. The fourth-order valence-corrected chi connectivity index (χ4v) is 3.78. The van der Waals surface area contributed by atoms with E-state index in [0.717, 1.165) is 25.9 Å². The molecule has 5 nitrogen and oxygen atoms in total. The van der Waals surface area contributed by atoms with E-state index in [0.29, 0.717) is 12.8 Å². The maximum Gasteiger partial charge on any atom is 0.233 e. The lowest BCUT2D eigenvalue weighted by molar-refractivity contribution is -0.140. The first-order valence-corrected chi connectivity index (χ1v) is 8.46. The molecule has 22 heavy (non-hydrogen) atoms. The molecule has 3 amide bonds. The zero-order chi connectivity index (χ0) is 15.5. The number of hydrogen-bond acceptors (Lipinski definition) is 3. The molecular weight excluding hydrogens is 280 g/mol. The third-order valence-electron chi connectivity index (χ3n) is 5.11. The summed E-state index contributed by atoms with van der Waals surface area (Å²) in [6.07, 6.45) is 10.0. The summed E-state index contributed by atoms with van der Waals surface area (Å²) in [6, 6.07) is 0. The fraction of sp³-hybridized carbons (Fsp3) is 0.706. The Morgan fingerprint density at radius 2 is 1.50 bits per heavy atom. The smallest absolute Gasteiger partial charge is 0.233 e. The second-order valence-corrected chi connectivity index (χ2v) is 6.53. The standard InChI is InChI=1S/C17H24N2O3/c20-15(18-10-5-1-2-6-11-18)9-12-19-16(21)13-7-3-4-8-14(13)17(19)22/h3-4,13-14H,1-2,5-12H2/t13-,14-/m0/s1. The number of carbonyl (C=O) groups excluding carboxylic acids is 3. The van der Waals surface area contributed by atoms with Gasteiger partial charge < -0.3 is 4.90 Å². The van der Waals surface area contributed by atoms with Gasteiger partial charge >= 0.3 is 0 Å². The van der Waals surface area contributed by atoms with Gasteiger partial charge in [-0.05, 0) is 25.7 Å². The molecule has 2 saturated heterocycles. The molecular formula is C17H24N2O3. The Bertz CT molecular complexity index is 466. The molecule has 0 aromatic heterocycles. The molecule has 0 N–H and O–H groups in total. The van der Waals surface area contributed by atoms with Crippen molar-refractivity contribution in [2.45, 2.75) is 44.9 Å². The summed E-state index contributed by atoms with van der Waals surface area (Å²) in [4.78, 5) is 40.2. The largest absolute Gasteiger partial charge is 0.343 e. The summed E-state index contributed by atoms with van der Waals surface area (Å²) < 4.78 is 0. The Morgan fingerprint density at radius 1 is 0.955 bits per heavy atom. The van der Waals surface area contributed by atoms with E-state index in [2.05, 4.69) is 0 Å².